The maximum absolute atomic E-state index is 12.5. The summed E-state index contributed by atoms with van der Waals surface area (Å²) in [6.45, 7) is 3.61. The van der Waals surface area contributed by atoms with Gasteiger partial charge in [0.15, 0.2) is 0 Å². The molecule has 0 saturated carbocycles. The molecule has 1 N–H and O–H groups in total. The molecule has 6 heteroatoms. The second-order valence-corrected chi connectivity index (χ2v) is 6.81. The van der Waals surface area contributed by atoms with Crippen molar-refractivity contribution in [2.75, 3.05) is 11.8 Å². The monoisotopic (exact) mass is 325 g/mol. The third kappa shape index (κ3) is 3.49. The number of halogens is 1. The Morgan fingerprint density at radius 2 is 1.81 bits per heavy atom. The molecule has 0 aliphatic heterocycles. The molecule has 112 valence electrons. The highest BCUT2D eigenvalue weighted by Gasteiger charge is 2.20. The third-order valence-electron chi connectivity index (χ3n) is 3.04. The van der Waals surface area contributed by atoms with Crippen molar-refractivity contribution in [1.82, 2.24) is 0 Å². The zero-order chi connectivity index (χ0) is 15.6. The first-order valence-electron chi connectivity index (χ1n) is 6.27. The normalized spacial score (nSPS) is 11.2. The molecule has 0 radical (unpaired) electrons. The number of ether oxygens (including phenoxy) is 1. The van der Waals surface area contributed by atoms with Gasteiger partial charge in [-0.05, 0) is 55.3 Å². The number of hydrogen-bond donors (Lipinski definition) is 1. The molecular weight excluding hydrogens is 310 g/mol. The largest absolute Gasteiger partial charge is 0.495 e. The number of sulfonamides is 1. The summed E-state index contributed by atoms with van der Waals surface area (Å²) in [7, 11) is -2.29. The Morgan fingerprint density at radius 3 is 2.43 bits per heavy atom. The SMILES string of the molecule is COc1ccc(C)cc1S(=O)(=O)Nc1ccc(Cl)cc1C. The van der Waals surface area contributed by atoms with E-state index in [1.807, 2.05) is 6.92 Å². The number of anilines is 1. The molecule has 0 atom stereocenters. The van der Waals surface area contributed by atoms with Gasteiger partial charge in [-0.15, -0.1) is 0 Å². The minimum atomic E-state index is -3.73. The fourth-order valence-corrected chi connectivity index (χ4v) is 3.55. The summed E-state index contributed by atoms with van der Waals surface area (Å²) in [6, 6.07) is 9.99. The highest BCUT2D eigenvalue weighted by Crippen LogP contribution is 2.28. The van der Waals surface area contributed by atoms with Crippen LogP contribution in [0.15, 0.2) is 41.3 Å². The summed E-state index contributed by atoms with van der Waals surface area (Å²) in [6.07, 6.45) is 0. The predicted octanol–water partition coefficient (Wildman–Crippen LogP) is 3.77. The van der Waals surface area contributed by atoms with E-state index in [1.54, 1.807) is 43.3 Å². The van der Waals surface area contributed by atoms with Gasteiger partial charge in [0, 0.05) is 5.02 Å². The lowest BCUT2D eigenvalue weighted by atomic mass is 10.2. The molecule has 0 bridgehead atoms. The average molecular weight is 326 g/mol. The Kier molecular flexibility index (Phi) is 4.44. The van der Waals surface area contributed by atoms with Gasteiger partial charge < -0.3 is 4.74 Å². The van der Waals surface area contributed by atoms with Gasteiger partial charge in [-0.3, -0.25) is 4.72 Å². The molecule has 0 aliphatic rings. The molecule has 0 fully saturated rings. The van der Waals surface area contributed by atoms with Crippen LogP contribution in [0.4, 0.5) is 5.69 Å². The summed E-state index contributed by atoms with van der Waals surface area (Å²) in [5.74, 6) is 0.305. The number of benzene rings is 2. The highest BCUT2D eigenvalue weighted by atomic mass is 35.5. The van der Waals surface area contributed by atoms with Crippen LogP contribution < -0.4 is 9.46 Å². The molecule has 21 heavy (non-hydrogen) atoms. The van der Waals surface area contributed by atoms with E-state index in [1.165, 1.54) is 7.11 Å². The fraction of sp³-hybridized carbons (Fsp3) is 0.200. The van der Waals surface area contributed by atoms with Crippen LogP contribution in [0.25, 0.3) is 0 Å². The van der Waals surface area contributed by atoms with Crippen LogP contribution in [0, 0.1) is 13.8 Å². The molecule has 2 aromatic carbocycles. The van der Waals surface area contributed by atoms with E-state index in [-0.39, 0.29) is 4.90 Å². The van der Waals surface area contributed by atoms with Gasteiger partial charge in [-0.2, -0.15) is 0 Å². The Bertz CT molecular complexity index is 772. The van der Waals surface area contributed by atoms with Gasteiger partial charge in [-0.1, -0.05) is 17.7 Å². The number of aryl methyl sites for hydroxylation is 2. The van der Waals surface area contributed by atoms with Gasteiger partial charge in [0.25, 0.3) is 10.0 Å². The van der Waals surface area contributed by atoms with Crippen LogP contribution in [-0.4, -0.2) is 15.5 Å². The standard InChI is InChI=1S/C15H16ClNO3S/c1-10-4-7-14(20-3)15(8-10)21(18,19)17-13-6-5-12(16)9-11(13)2/h4-9,17H,1-3H3. The maximum Gasteiger partial charge on any atom is 0.265 e. The number of rotatable bonds is 4. The van der Waals surface area contributed by atoms with Crippen LogP contribution in [-0.2, 0) is 10.0 Å². The molecule has 4 nitrogen and oxygen atoms in total. The van der Waals surface area contributed by atoms with Crippen molar-refractivity contribution in [2.24, 2.45) is 0 Å². The molecule has 2 rings (SSSR count). The molecule has 0 saturated heterocycles. The quantitative estimate of drug-likeness (QED) is 0.931. The zero-order valence-corrected chi connectivity index (χ0v) is 13.5. The number of methoxy groups -OCH3 is 1. The van der Waals surface area contributed by atoms with Crippen molar-refractivity contribution in [1.29, 1.82) is 0 Å². The molecule has 0 spiro atoms. The van der Waals surface area contributed by atoms with E-state index in [0.717, 1.165) is 11.1 Å². The van der Waals surface area contributed by atoms with E-state index in [2.05, 4.69) is 4.72 Å². The lowest BCUT2D eigenvalue weighted by Gasteiger charge is -2.14. The minimum absolute atomic E-state index is 0.111. The van der Waals surface area contributed by atoms with Crippen molar-refractivity contribution < 1.29 is 13.2 Å². The van der Waals surface area contributed by atoms with Gasteiger partial charge >= 0.3 is 0 Å². The molecular formula is C15H16ClNO3S. The molecule has 2 aromatic rings. The second kappa shape index (κ2) is 5.95. The van der Waals surface area contributed by atoms with Gasteiger partial charge in [0.05, 0.1) is 12.8 Å². The first kappa shape index (κ1) is 15.7. The van der Waals surface area contributed by atoms with Gasteiger partial charge in [-0.25, -0.2) is 8.42 Å². The number of hydrogen-bond acceptors (Lipinski definition) is 3. The predicted molar refractivity (Wildman–Crippen MR) is 84.7 cm³/mol. The van der Waals surface area contributed by atoms with Gasteiger partial charge in [0.2, 0.25) is 0 Å². The van der Waals surface area contributed by atoms with E-state index >= 15 is 0 Å². The Hall–Kier alpha value is -1.72. The van der Waals surface area contributed by atoms with Crippen molar-refractivity contribution in [2.45, 2.75) is 18.7 Å². The summed E-state index contributed by atoms with van der Waals surface area (Å²) >= 11 is 5.88. The summed E-state index contributed by atoms with van der Waals surface area (Å²) < 4.78 is 32.8. The summed E-state index contributed by atoms with van der Waals surface area (Å²) in [5, 5.41) is 0.559. The van der Waals surface area contributed by atoms with E-state index in [9.17, 15) is 8.42 Å². The number of nitrogens with one attached hydrogen (secondary N) is 1. The highest BCUT2D eigenvalue weighted by molar-refractivity contribution is 7.92. The molecule has 0 amide bonds. The van der Waals surface area contributed by atoms with E-state index < -0.39 is 10.0 Å². The Balaban J connectivity index is 2.45. The average Bonchev–Trinajstić information content (AvgIpc) is 2.42. The van der Waals surface area contributed by atoms with E-state index in [0.29, 0.717) is 16.5 Å². The van der Waals surface area contributed by atoms with Crippen LogP contribution in [0.1, 0.15) is 11.1 Å². The molecule has 0 unspecified atom stereocenters. The summed E-state index contributed by atoms with van der Waals surface area (Å²) in [5.41, 5.74) is 2.07. The first-order valence-corrected chi connectivity index (χ1v) is 8.13. The third-order valence-corrected chi connectivity index (χ3v) is 4.66. The Labute approximate surface area is 129 Å². The van der Waals surface area contributed by atoms with Crippen molar-refractivity contribution >= 4 is 27.3 Å². The van der Waals surface area contributed by atoms with E-state index in [4.69, 9.17) is 16.3 Å². The summed E-state index contributed by atoms with van der Waals surface area (Å²) in [4.78, 5) is 0.111. The van der Waals surface area contributed by atoms with Crippen molar-refractivity contribution in [3.63, 3.8) is 0 Å². The second-order valence-electron chi connectivity index (χ2n) is 4.72. The topological polar surface area (TPSA) is 55.4 Å². The molecule has 0 heterocycles. The maximum atomic E-state index is 12.5. The Morgan fingerprint density at radius 1 is 1.10 bits per heavy atom. The lowest BCUT2D eigenvalue weighted by Crippen LogP contribution is -2.15. The van der Waals surface area contributed by atoms with Crippen molar-refractivity contribution in [3.8, 4) is 5.75 Å². The first-order chi connectivity index (χ1) is 9.83. The van der Waals surface area contributed by atoms with Gasteiger partial charge in [0.1, 0.15) is 10.6 Å². The molecule has 0 aromatic heterocycles. The smallest absolute Gasteiger partial charge is 0.265 e. The van der Waals surface area contributed by atoms with Crippen LogP contribution in [0.5, 0.6) is 5.75 Å². The van der Waals surface area contributed by atoms with Crippen molar-refractivity contribution in [3.05, 3.63) is 52.5 Å². The fourth-order valence-electron chi connectivity index (χ4n) is 1.94. The van der Waals surface area contributed by atoms with Crippen LogP contribution in [0.3, 0.4) is 0 Å². The van der Waals surface area contributed by atoms with Crippen LogP contribution >= 0.6 is 11.6 Å². The lowest BCUT2D eigenvalue weighted by molar-refractivity contribution is 0.402. The molecule has 0 aliphatic carbocycles. The zero-order valence-electron chi connectivity index (χ0n) is 12.0. The van der Waals surface area contributed by atoms with Crippen LogP contribution in [0.2, 0.25) is 5.02 Å². The minimum Gasteiger partial charge on any atom is -0.495 e.